The van der Waals surface area contributed by atoms with Crippen molar-refractivity contribution in [1.82, 2.24) is 4.90 Å². The van der Waals surface area contributed by atoms with Gasteiger partial charge in [-0.05, 0) is 50.4 Å². The van der Waals surface area contributed by atoms with E-state index in [4.69, 9.17) is 4.74 Å². The molecule has 0 aromatic carbocycles. The highest BCUT2D eigenvalue weighted by atomic mass is 16.5. The summed E-state index contributed by atoms with van der Waals surface area (Å²) in [5.74, 6) is 1.75. The number of hydrogen-bond acceptors (Lipinski definition) is 4. The van der Waals surface area contributed by atoms with Crippen LogP contribution in [0.4, 0.5) is 0 Å². The summed E-state index contributed by atoms with van der Waals surface area (Å²) < 4.78 is 5.69. The Morgan fingerprint density at radius 3 is 2.83 bits per heavy atom. The molecule has 4 nitrogen and oxygen atoms in total. The highest BCUT2D eigenvalue weighted by Crippen LogP contribution is 2.58. The molecule has 4 aliphatic rings. The Hall–Kier alpha value is -0.900. The van der Waals surface area contributed by atoms with Crippen LogP contribution in [0.2, 0.25) is 0 Å². The molecule has 2 saturated heterocycles. The Balaban J connectivity index is 1.53. The van der Waals surface area contributed by atoms with Gasteiger partial charge in [-0.15, -0.1) is 0 Å². The maximum absolute atomic E-state index is 11.8. The number of piperidine rings is 2. The van der Waals surface area contributed by atoms with Gasteiger partial charge in [0, 0.05) is 43.8 Å². The third-order valence-electron chi connectivity index (χ3n) is 7.46. The lowest BCUT2D eigenvalue weighted by Gasteiger charge is -2.56. The average molecular weight is 319 g/mol. The molecule has 2 aliphatic heterocycles. The van der Waals surface area contributed by atoms with Crippen LogP contribution in [0, 0.1) is 17.3 Å². The molecule has 0 bridgehead atoms. The first kappa shape index (κ1) is 15.6. The Morgan fingerprint density at radius 2 is 2.04 bits per heavy atom. The van der Waals surface area contributed by atoms with Crippen molar-refractivity contribution in [1.29, 1.82) is 0 Å². The molecule has 0 amide bonds. The minimum Gasteiger partial charge on any atom is -0.462 e. The molecule has 0 spiro atoms. The lowest BCUT2D eigenvalue weighted by molar-refractivity contribution is -0.157. The second-order valence-corrected chi connectivity index (χ2v) is 8.52. The fourth-order valence-electron chi connectivity index (χ4n) is 6.43. The lowest BCUT2D eigenvalue weighted by atomic mass is 9.58. The predicted molar refractivity (Wildman–Crippen MR) is 86.9 cm³/mol. The first-order chi connectivity index (χ1) is 11.0. The molecule has 0 aromatic heterocycles. The second-order valence-electron chi connectivity index (χ2n) is 8.52. The summed E-state index contributed by atoms with van der Waals surface area (Å²) in [5, 5.41) is 0. The molecular weight excluding hydrogens is 290 g/mol. The quantitative estimate of drug-likeness (QED) is 0.697. The monoisotopic (exact) mass is 319 g/mol. The fraction of sp³-hybridized carbons (Fsp3) is 0.895. The summed E-state index contributed by atoms with van der Waals surface area (Å²) in [5.41, 5.74) is 0.172. The summed E-state index contributed by atoms with van der Waals surface area (Å²) in [4.78, 5) is 25.9. The number of rotatable bonds is 1. The van der Waals surface area contributed by atoms with Crippen LogP contribution >= 0.6 is 0 Å². The van der Waals surface area contributed by atoms with Crippen molar-refractivity contribution in [3.05, 3.63) is 0 Å². The molecule has 1 unspecified atom stereocenters. The molecule has 4 fully saturated rings. The van der Waals surface area contributed by atoms with Crippen molar-refractivity contribution in [3.63, 3.8) is 0 Å². The summed E-state index contributed by atoms with van der Waals surface area (Å²) in [6.07, 6.45) is 8.68. The van der Waals surface area contributed by atoms with Gasteiger partial charge in [-0.3, -0.25) is 14.5 Å². The van der Waals surface area contributed by atoms with E-state index in [2.05, 4.69) is 11.8 Å². The van der Waals surface area contributed by atoms with Crippen LogP contribution in [0.15, 0.2) is 0 Å². The van der Waals surface area contributed by atoms with E-state index in [0.717, 1.165) is 38.1 Å². The third kappa shape index (κ3) is 2.45. The van der Waals surface area contributed by atoms with E-state index in [1.807, 2.05) is 0 Å². The zero-order valence-corrected chi connectivity index (χ0v) is 14.4. The van der Waals surface area contributed by atoms with Gasteiger partial charge in [-0.25, -0.2) is 0 Å². The van der Waals surface area contributed by atoms with Crippen LogP contribution in [0.3, 0.4) is 0 Å². The molecule has 6 atom stereocenters. The third-order valence-corrected chi connectivity index (χ3v) is 7.46. The number of fused-ring (bicyclic) bond motifs is 5. The summed E-state index contributed by atoms with van der Waals surface area (Å²) >= 11 is 0. The van der Waals surface area contributed by atoms with Gasteiger partial charge in [0.25, 0.3) is 0 Å². The summed E-state index contributed by atoms with van der Waals surface area (Å²) in [6, 6.07) is 1.17. The van der Waals surface area contributed by atoms with Crippen LogP contribution in [0.25, 0.3) is 0 Å². The number of carbonyl (C=O) groups excluding carboxylic acids is 2. The SMILES string of the molecule is CC(=O)O[C@H]1CCC2[C@@H]3CC[C@@H]4CC(=O)CCN4[C@H]3CC[C@@]21C. The second kappa shape index (κ2) is 5.58. The standard InChI is InChI=1S/C19H29NO3/c1-12(21)23-18-6-5-16-15-4-3-13-11-14(22)8-10-20(13)17(15)7-9-19(16,18)2/h13,15-18H,3-11H2,1-2H3/t13-,15+,16?,17+,18+,19+/m1/s1. The van der Waals surface area contributed by atoms with Crippen molar-refractivity contribution in [2.45, 2.75) is 83.4 Å². The van der Waals surface area contributed by atoms with E-state index < -0.39 is 0 Å². The normalized spacial score (nSPS) is 46.7. The van der Waals surface area contributed by atoms with Gasteiger partial charge in [-0.1, -0.05) is 6.92 Å². The highest BCUT2D eigenvalue weighted by Gasteiger charge is 2.57. The molecule has 2 heterocycles. The number of nitrogens with zero attached hydrogens (tertiary/aromatic N) is 1. The molecule has 2 saturated carbocycles. The maximum Gasteiger partial charge on any atom is 0.302 e. The first-order valence-corrected chi connectivity index (χ1v) is 9.43. The molecule has 2 aliphatic carbocycles. The predicted octanol–water partition coefficient (Wildman–Crippen LogP) is 2.94. The van der Waals surface area contributed by atoms with Crippen molar-refractivity contribution in [3.8, 4) is 0 Å². The topological polar surface area (TPSA) is 46.6 Å². The number of carbonyl (C=O) groups is 2. The van der Waals surface area contributed by atoms with E-state index in [9.17, 15) is 9.59 Å². The Bertz CT molecular complexity index is 519. The maximum atomic E-state index is 11.8. The number of hydrogen-bond donors (Lipinski definition) is 0. The minimum absolute atomic E-state index is 0.117. The van der Waals surface area contributed by atoms with Gasteiger partial charge in [0.2, 0.25) is 0 Å². The fourth-order valence-corrected chi connectivity index (χ4v) is 6.43. The van der Waals surface area contributed by atoms with Gasteiger partial charge >= 0.3 is 5.97 Å². The van der Waals surface area contributed by atoms with E-state index in [1.54, 1.807) is 0 Å². The number of esters is 1. The van der Waals surface area contributed by atoms with Crippen molar-refractivity contribution >= 4 is 11.8 Å². The zero-order valence-electron chi connectivity index (χ0n) is 14.4. The van der Waals surface area contributed by atoms with Gasteiger partial charge in [0.05, 0.1) is 0 Å². The minimum atomic E-state index is -0.128. The van der Waals surface area contributed by atoms with Crippen LogP contribution < -0.4 is 0 Å². The summed E-state index contributed by atoms with van der Waals surface area (Å²) in [6.45, 7) is 4.88. The molecule has 23 heavy (non-hydrogen) atoms. The van der Waals surface area contributed by atoms with Gasteiger partial charge < -0.3 is 4.74 Å². The average Bonchev–Trinajstić information content (AvgIpc) is 2.83. The highest BCUT2D eigenvalue weighted by molar-refractivity contribution is 5.80. The molecule has 0 N–H and O–H groups in total. The van der Waals surface area contributed by atoms with E-state index in [1.165, 1.54) is 32.6 Å². The molecule has 0 aromatic rings. The van der Waals surface area contributed by atoms with Crippen LogP contribution in [0.5, 0.6) is 0 Å². The first-order valence-electron chi connectivity index (χ1n) is 9.43. The molecule has 0 radical (unpaired) electrons. The van der Waals surface area contributed by atoms with Crippen molar-refractivity contribution in [2.75, 3.05) is 6.54 Å². The zero-order chi connectivity index (χ0) is 16.2. The van der Waals surface area contributed by atoms with Gasteiger partial charge in [-0.2, -0.15) is 0 Å². The number of ether oxygens (including phenoxy) is 1. The Morgan fingerprint density at radius 1 is 1.22 bits per heavy atom. The Kier molecular flexibility index (Phi) is 3.79. The summed E-state index contributed by atoms with van der Waals surface area (Å²) in [7, 11) is 0. The van der Waals surface area contributed by atoms with E-state index in [0.29, 0.717) is 23.8 Å². The lowest BCUT2D eigenvalue weighted by Crippen LogP contribution is -2.60. The number of Topliss-reactive ketones (excluding diaryl/α,β-unsaturated/α-hetero) is 1. The number of ketones is 1. The molecule has 128 valence electrons. The Labute approximate surface area is 138 Å². The van der Waals surface area contributed by atoms with Crippen LogP contribution in [-0.2, 0) is 14.3 Å². The van der Waals surface area contributed by atoms with Crippen molar-refractivity contribution < 1.29 is 14.3 Å². The van der Waals surface area contributed by atoms with Crippen LogP contribution in [-0.4, -0.2) is 41.4 Å². The van der Waals surface area contributed by atoms with E-state index in [-0.39, 0.29) is 17.5 Å². The molecular formula is C19H29NO3. The van der Waals surface area contributed by atoms with Crippen molar-refractivity contribution in [2.24, 2.45) is 17.3 Å². The van der Waals surface area contributed by atoms with E-state index >= 15 is 0 Å². The van der Waals surface area contributed by atoms with Gasteiger partial charge in [0.15, 0.2) is 0 Å². The largest absolute Gasteiger partial charge is 0.462 e. The smallest absolute Gasteiger partial charge is 0.302 e. The molecule has 4 rings (SSSR count). The van der Waals surface area contributed by atoms with Crippen LogP contribution in [0.1, 0.15) is 65.2 Å². The van der Waals surface area contributed by atoms with Gasteiger partial charge in [0.1, 0.15) is 11.9 Å². The molecule has 4 heteroatoms.